The second-order valence-electron chi connectivity index (χ2n) is 5.78. The third-order valence-corrected chi connectivity index (χ3v) is 4.11. The minimum atomic E-state index is -0.463. The summed E-state index contributed by atoms with van der Waals surface area (Å²) in [6.07, 6.45) is 2.81. The molecule has 1 unspecified atom stereocenters. The second kappa shape index (κ2) is 6.66. The molecule has 0 aliphatic carbocycles. The number of anilines is 2. The molecule has 0 spiro atoms. The maximum atomic E-state index is 12.7. The second-order valence-corrected chi connectivity index (χ2v) is 5.78. The van der Waals surface area contributed by atoms with Crippen LogP contribution in [0.15, 0.2) is 42.6 Å². The Morgan fingerprint density at radius 1 is 1.33 bits per heavy atom. The molecule has 7 nitrogen and oxygen atoms in total. The Morgan fingerprint density at radius 3 is 2.75 bits per heavy atom. The average molecular weight is 326 g/mol. The van der Waals surface area contributed by atoms with Gasteiger partial charge in [0.25, 0.3) is 5.69 Å². The minimum absolute atomic E-state index is 0.00902. The van der Waals surface area contributed by atoms with Crippen molar-refractivity contribution >= 4 is 23.1 Å². The molecule has 124 valence electrons. The van der Waals surface area contributed by atoms with Crippen LogP contribution in [0.1, 0.15) is 18.4 Å². The highest BCUT2D eigenvalue weighted by molar-refractivity contribution is 5.99. The van der Waals surface area contributed by atoms with Gasteiger partial charge >= 0.3 is 0 Å². The monoisotopic (exact) mass is 326 g/mol. The van der Waals surface area contributed by atoms with Gasteiger partial charge in [0.15, 0.2) is 0 Å². The van der Waals surface area contributed by atoms with E-state index >= 15 is 0 Å². The molecule has 2 aromatic rings. The molecule has 1 N–H and O–H groups in total. The summed E-state index contributed by atoms with van der Waals surface area (Å²) in [7, 11) is 0. The Labute approximate surface area is 139 Å². The summed E-state index contributed by atoms with van der Waals surface area (Å²) in [6, 6.07) is 10.8. The summed E-state index contributed by atoms with van der Waals surface area (Å²) in [5, 5.41) is 14.0. The Hall–Kier alpha value is -2.96. The van der Waals surface area contributed by atoms with E-state index < -0.39 is 4.92 Å². The fraction of sp³-hybridized carbons (Fsp3) is 0.294. The number of rotatable bonds is 4. The minimum Gasteiger partial charge on any atom is -0.358 e. The van der Waals surface area contributed by atoms with Crippen molar-refractivity contribution < 1.29 is 9.72 Å². The van der Waals surface area contributed by atoms with E-state index in [0.717, 1.165) is 12.1 Å². The lowest BCUT2D eigenvalue weighted by Gasteiger charge is -2.33. The Morgan fingerprint density at radius 2 is 2.08 bits per heavy atom. The van der Waals surface area contributed by atoms with Gasteiger partial charge in [-0.1, -0.05) is 18.2 Å². The van der Waals surface area contributed by atoms with Crippen molar-refractivity contribution in [1.82, 2.24) is 4.98 Å². The van der Waals surface area contributed by atoms with Crippen LogP contribution >= 0.6 is 0 Å². The molecular weight excluding hydrogens is 308 g/mol. The van der Waals surface area contributed by atoms with E-state index in [2.05, 4.69) is 10.3 Å². The first-order valence-electron chi connectivity index (χ1n) is 7.80. The number of nitrogens with zero attached hydrogens (tertiary/aromatic N) is 3. The molecule has 2 heterocycles. The van der Waals surface area contributed by atoms with Gasteiger partial charge in [-0.15, -0.1) is 0 Å². The molecule has 24 heavy (non-hydrogen) atoms. The van der Waals surface area contributed by atoms with Gasteiger partial charge in [0.2, 0.25) is 5.91 Å². The van der Waals surface area contributed by atoms with Crippen LogP contribution in [0.4, 0.5) is 17.2 Å². The van der Waals surface area contributed by atoms with Crippen LogP contribution in [0.5, 0.6) is 0 Å². The maximum absolute atomic E-state index is 12.7. The molecule has 1 amide bonds. The molecule has 0 saturated carbocycles. The van der Waals surface area contributed by atoms with Crippen LogP contribution < -0.4 is 10.2 Å². The lowest BCUT2D eigenvalue weighted by atomic mass is 10.0. The third-order valence-electron chi connectivity index (χ3n) is 4.11. The number of aromatic nitrogens is 1. The van der Waals surface area contributed by atoms with Crippen molar-refractivity contribution in [2.24, 2.45) is 0 Å². The highest BCUT2D eigenvalue weighted by Crippen LogP contribution is 2.24. The zero-order valence-corrected chi connectivity index (χ0v) is 13.3. The lowest BCUT2D eigenvalue weighted by molar-refractivity contribution is -0.385. The molecule has 0 radical (unpaired) electrons. The number of para-hydroxylation sites is 1. The molecular formula is C17H18N4O3. The zero-order chi connectivity index (χ0) is 17.1. The summed E-state index contributed by atoms with van der Waals surface area (Å²) >= 11 is 0. The molecule has 3 rings (SSSR count). The van der Waals surface area contributed by atoms with E-state index in [1.54, 1.807) is 17.9 Å². The van der Waals surface area contributed by atoms with Crippen LogP contribution in [-0.4, -0.2) is 28.4 Å². The molecule has 0 bridgehead atoms. The van der Waals surface area contributed by atoms with Crippen LogP contribution in [0, 0.1) is 17.0 Å². The SMILES string of the molecule is Cc1cc(NC2CCCN(c3ccccc3)C2=O)ncc1[N+](=O)[O-]. The van der Waals surface area contributed by atoms with Crippen LogP contribution in [-0.2, 0) is 4.79 Å². The number of hydrogen-bond donors (Lipinski definition) is 1. The lowest BCUT2D eigenvalue weighted by Crippen LogP contribution is -2.47. The number of benzene rings is 1. The number of nitro groups is 1. The van der Waals surface area contributed by atoms with Gasteiger partial charge in [-0.2, -0.15) is 0 Å². The number of hydrogen-bond acceptors (Lipinski definition) is 5. The van der Waals surface area contributed by atoms with E-state index in [0.29, 0.717) is 24.3 Å². The van der Waals surface area contributed by atoms with Gasteiger partial charge in [0.05, 0.1) is 4.92 Å². The molecule has 1 aliphatic heterocycles. The van der Waals surface area contributed by atoms with E-state index in [4.69, 9.17) is 0 Å². The number of aryl methyl sites for hydroxylation is 1. The van der Waals surface area contributed by atoms with Crippen molar-refractivity contribution in [1.29, 1.82) is 0 Å². The van der Waals surface area contributed by atoms with Crippen molar-refractivity contribution in [3.05, 3.63) is 58.3 Å². The number of carbonyl (C=O) groups is 1. The summed E-state index contributed by atoms with van der Waals surface area (Å²) in [6.45, 7) is 2.34. The number of pyridine rings is 1. The maximum Gasteiger partial charge on any atom is 0.290 e. The van der Waals surface area contributed by atoms with Crippen LogP contribution in [0.25, 0.3) is 0 Å². The van der Waals surface area contributed by atoms with Crippen molar-refractivity contribution in [3.8, 4) is 0 Å². The smallest absolute Gasteiger partial charge is 0.290 e. The molecule has 1 saturated heterocycles. The predicted molar refractivity (Wildman–Crippen MR) is 91.1 cm³/mol. The average Bonchev–Trinajstić information content (AvgIpc) is 2.57. The van der Waals surface area contributed by atoms with Crippen LogP contribution in [0.2, 0.25) is 0 Å². The van der Waals surface area contributed by atoms with Crippen molar-refractivity contribution in [3.63, 3.8) is 0 Å². The topological polar surface area (TPSA) is 88.4 Å². The predicted octanol–water partition coefficient (Wildman–Crippen LogP) is 2.91. The largest absolute Gasteiger partial charge is 0.358 e. The normalized spacial score (nSPS) is 17.6. The van der Waals surface area contributed by atoms with Gasteiger partial charge in [0.1, 0.15) is 18.1 Å². The van der Waals surface area contributed by atoms with E-state index in [-0.39, 0.29) is 17.6 Å². The highest BCUT2D eigenvalue weighted by Gasteiger charge is 2.30. The van der Waals surface area contributed by atoms with Crippen LogP contribution in [0.3, 0.4) is 0 Å². The van der Waals surface area contributed by atoms with Crippen molar-refractivity contribution in [2.75, 3.05) is 16.8 Å². The van der Waals surface area contributed by atoms with Crippen molar-refractivity contribution in [2.45, 2.75) is 25.8 Å². The number of carbonyl (C=O) groups excluding carboxylic acids is 1. The van der Waals surface area contributed by atoms with E-state index in [9.17, 15) is 14.9 Å². The highest BCUT2D eigenvalue weighted by atomic mass is 16.6. The zero-order valence-electron chi connectivity index (χ0n) is 13.3. The number of nitrogens with one attached hydrogen (secondary N) is 1. The Balaban J connectivity index is 1.76. The van der Waals surface area contributed by atoms with Gasteiger partial charge < -0.3 is 10.2 Å². The molecule has 7 heteroatoms. The summed E-state index contributed by atoms with van der Waals surface area (Å²) in [4.78, 5) is 28.9. The Kier molecular flexibility index (Phi) is 4.41. The molecule has 1 aromatic carbocycles. The quantitative estimate of drug-likeness (QED) is 0.689. The van der Waals surface area contributed by atoms with Gasteiger partial charge in [0, 0.05) is 17.8 Å². The standard InChI is InChI=1S/C17H18N4O3/c1-12-10-16(18-11-15(12)21(23)24)19-14-8-5-9-20(17(14)22)13-6-3-2-4-7-13/h2-4,6-7,10-11,14H,5,8-9H2,1H3,(H,18,19). The summed E-state index contributed by atoms with van der Waals surface area (Å²) in [5.74, 6) is 0.469. The molecule has 1 atom stereocenters. The molecule has 1 fully saturated rings. The number of piperidine rings is 1. The summed E-state index contributed by atoms with van der Waals surface area (Å²) in [5.41, 5.74) is 1.36. The van der Waals surface area contributed by atoms with Gasteiger partial charge in [-0.3, -0.25) is 14.9 Å². The fourth-order valence-electron chi connectivity index (χ4n) is 2.87. The first kappa shape index (κ1) is 15.9. The molecule has 1 aliphatic rings. The fourth-order valence-corrected chi connectivity index (χ4v) is 2.87. The van der Waals surface area contributed by atoms with Gasteiger partial charge in [-0.25, -0.2) is 4.98 Å². The third kappa shape index (κ3) is 3.19. The number of amides is 1. The van der Waals surface area contributed by atoms with E-state index in [1.807, 2.05) is 30.3 Å². The first-order valence-corrected chi connectivity index (χ1v) is 7.80. The molecule has 1 aromatic heterocycles. The van der Waals surface area contributed by atoms with Gasteiger partial charge in [-0.05, 0) is 38.0 Å². The first-order chi connectivity index (χ1) is 11.6. The van der Waals surface area contributed by atoms with E-state index in [1.165, 1.54) is 6.20 Å². The Bertz CT molecular complexity index is 764. The summed E-state index contributed by atoms with van der Waals surface area (Å²) < 4.78 is 0.